The molecule has 1 aromatic rings. The van der Waals surface area contributed by atoms with E-state index >= 15 is 0 Å². The van der Waals surface area contributed by atoms with E-state index in [0.29, 0.717) is 16.0 Å². The monoisotopic (exact) mass is 259 g/mol. The van der Waals surface area contributed by atoms with E-state index in [4.69, 9.17) is 23.2 Å². The molecule has 90 valence electrons. The smallest absolute Gasteiger partial charge is 0.0624 e. The quantitative estimate of drug-likeness (QED) is 0.809. The minimum Gasteiger partial charge on any atom is -0.317 e. The molecular weight excluding hydrogens is 241 g/mol. The Bertz CT molecular complexity index is 326. The highest BCUT2D eigenvalue weighted by Crippen LogP contribution is 2.27. The van der Waals surface area contributed by atoms with E-state index in [1.165, 1.54) is 0 Å². The lowest BCUT2D eigenvalue weighted by molar-refractivity contribution is 0.467. The lowest BCUT2D eigenvalue weighted by atomic mass is 9.97. The largest absolute Gasteiger partial charge is 0.317 e. The van der Waals surface area contributed by atoms with Gasteiger partial charge in [0.15, 0.2) is 0 Å². The van der Waals surface area contributed by atoms with Gasteiger partial charge < -0.3 is 5.32 Å². The molecule has 3 heteroatoms. The first kappa shape index (κ1) is 13.8. The highest BCUT2D eigenvalue weighted by atomic mass is 35.5. The van der Waals surface area contributed by atoms with E-state index in [0.717, 1.165) is 31.5 Å². The number of halogens is 2. The van der Waals surface area contributed by atoms with Crippen molar-refractivity contribution in [1.82, 2.24) is 5.32 Å². The van der Waals surface area contributed by atoms with Gasteiger partial charge in [-0.05, 0) is 37.1 Å². The van der Waals surface area contributed by atoms with Crippen LogP contribution in [0.25, 0.3) is 0 Å². The fourth-order valence-corrected chi connectivity index (χ4v) is 2.12. The summed E-state index contributed by atoms with van der Waals surface area (Å²) < 4.78 is 0. The molecule has 0 aliphatic carbocycles. The normalized spacial score (nSPS) is 12.8. The summed E-state index contributed by atoms with van der Waals surface area (Å²) in [5.41, 5.74) is 1.15. The molecule has 0 saturated carbocycles. The van der Waals surface area contributed by atoms with Crippen molar-refractivity contribution in [3.05, 3.63) is 33.8 Å². The highest BCUT2D eigenvalue weighted by molar-refractivity contribution is 6.42. The van der Waals surface area contributed by atoms with E-state index in [2.05, 4.69) is 25.2 Å². The molecular formula is C13H19Cl2N. The van der Waals surface area contributed by atoms with Crippen LogP contribution >= 0.6 is 23.2 Å². The maximum atomic E-state index is 6.18. The van der Waals surface area contributed by atoms with Crippen molar-refractivity contribution in [3.8, 4) is 0 Å². The molecule has 1 rings (SSSR count). The number of benzene rings is 1. The van der Waals surface area contributed by atoms with E-state index < -0.39 is 0 Å². The van der Waals surface area contributed by atoms with Gasteiger partial charge in [-0.1, -0.05) is 55.6 Å². The van der Waals surface area contributed by atoms with Crippen LogP contribution in [0.4, 0.5) is 0 Å². The van der Waals surface area contributed by atoms with Gasteiger partial charge in [0, 0.05) is 0 Å². The zero-order valence-corrected chi connectivity index (χ0v) is 11.4. The minimum absolute atomic E-state index is 0.621. The van der Waals surface area contributed by atoms with Gasteiger partial charge in [0.2, 0.25) is 0 Å². The first-order chi connectivity index (χ1) is 7.69. The van der Waals surface area contributed by atoms with Gasteiger partial charge in [-0.2, -0.15) is 0 Å². The zero-order valence-electron chi connectivity index (χ0n) is 9.89. The topological polar surface area (TPSA) is 12.0 Å². The molecule has 0 fully saturated rings. The third kappa shape index (κ3) is 3.97. The Morgan fingerprint density at radius 2 is 2.00 bits per heavy atom. The van der Waals surface area contributed by atoms with Gasteiger partial charge >= 0.3 is 0 Å². The first-order valence-corrected chi connectivity index (χ1v) is 6.58. The molecule has 16 heavy (non-hydrogen) atoms. The van der Waals surface area contributed by atoms with Crippen molar-refractivity contribution in [1.29, 1.82) is 0 Å². The number of rotatable bonds is 6. The van der Waals surface area contributed by atoms with E-state index in [-0.39, 0.29) is 0 Å². The van der Waals surface area contributed by atoms with Crippen LogP contribution in [-0.2, 0) is 6.42 Å². The summed E-state index contributed by atoms with van der Waals surface area (Å²) in [5, 5.41) is 4.74. The Morgan fingerprint density at radius 3 is 2.62 bits per heavy atom. The van der Waals surface area contributed by atoms with Gasteiger partial charge in [-0.15, -0.1) is 0 Å². The molecule has 0 aliphatic rings. The van der Waals surface area contributed by atoms with Gasteiger partial charge in [0.1, 0.15) is 0 Å². The Kier molecular flexibility index (Phi) is 6.18. The predicted octanol–water partition coefficient (Wildman–Crippen LogP) is 4.17. The van der Waals surface area contributed by atoms with Crippen molar-refractivity contribution in [2.24, 2.45) is 5.92 Å². The standard InChI is InChI=1S/C13H19Cl2N/c1-3-10(9-16-4-2)8-11-6-5-7-12(14)13(11)15/h5-7,10,16H,3-4,8-9H2,1-2H3. The van der Waals surface area contributed by atoms with Gasteiger partial charge in [-0.25, -0.2) is 0 Å². The molecule has 0 heterocycles. The molecule has 0 saturated heterocycles. The summed E-state index contributed by atoms with van der Waals surface area (Å²) in [4.78, 5) is 0. The second-order valence-corrected chi connectivity index (χ2v) is 4.78. The van der Waals surface area contributed by atoms with Crippen LogP contribution < -0.4 is 5.32 Å². The summed E-state index contributed by atoms with van der Waals surface area (Å²) in [6, 6.07) is 5.85. The maximum Gasteiger partial charge on any atom is 0.0624 e. The summed E-state index contributed by atoms with van der Waals surface area (Å²) in [7, 11) is 0. The van der Waals surface area contributed by atoms with E-state index in [9.17, 15) is 0 Å². The second-order valence-electron chi connectivity index (χ2n) is 4.00. The van der Waals surface area contributed by atoms with Crippen LogP contribution in [0.3, 0.4) is 0 Å². The third-order valence-corrected chi connectivity index (χ3v) is 3.66. The lowest BCUT2D eigenvalue weighted by Crippen LogP contribution is -2.23. The van der Waals surface area contributed by atoms with E-state index in [1.807, 2.05) is 12.1 Å². The number of hydrogen-bond donors (Lipinski definition) is 1. The number of hydrogen-bond acceptors (Lipinski definition) is 1. The van der Waals surface area contributed by atoms with Crippen LogP contribution in [-0.4, -0.2) is 13.1 Å². The predicted molar refractivity (Wildman–Crippen MR) is 72.5 cm³/mol. The zero-order chi connectivity index (χ0) is 12.0. The van der Waals surface area contributed by atoms with Crippen LogP contribution in [0.2, 0.25) is 10.0 Å². The van der Waals surface area contributed by atoms with Crippen molar-refractivity contribution in [2.75, 3.05) is 13.1 Å². The van der Waals surface area contributed by atoms with Gasteiger partial charge in [-0.3, -0.25) is 0 Å². The summed E-state index contributed by atoms with van der Waals surface area (Å²) in [5.74, 6) is 0.621. The molecule has 0 aliphatic heterocycles. The van der Waals surface area contributed by atoms with E-state index in [1.54, 1.807) is 0 Å². The van der Waals surface area contributed by atoms with Crippen LogP contribution in [0.5, 0.6) is 0 Å². The summed E-state index contributed by atoms with van der Waals surface area (Å²) in [6.45, 7) is 6.38. The van der Waals surface area contributed by atoms with Crippen molar-refractivity contribution in [2.45, 2.75) is 26.7 Å². The first-order valence-electron chi connectivity index (χ1n) is 5.82. The molecule has 1 aromatic carbocycles. The molecule has 1 nitrogen and oxygen atoms in total. The average molecular weight is 260 g/mol. The fourth-order valence-electron chi connectivity index (χ4n) is 1.73. The lowest BCUT2D eigenvalue weighted by Gasteiger charge is -2.16. The van der Waals surface area contributed by atoms with Gasteiger partial charge in [0.25, 0.3) is 0 Å². The Morgan fingerprint density at radius 1 is 1.25 bits per heavy atom. The Balaban J connectivity index is 2.66. The summed E-state index contributed by atoms with van der Waals surface area (Å²) in [6.07, 6.45) is 2.14. The molecule has 1 unspecified atom stereocenters. The van der Waals surface area contributed by atoms with Crippen molar-refractivity contribution in [3.63, 3.8) is 0 Å². The molecule has 0 spiro atoms. The Hall–Kier alpha value is -0.240. The SMILES string of the molecule is CCNCC(CC)Cc1cccc(Cl)c1Cl. The number of nitrogens with one attached hydrogen (secondary N) is 1. The Labute approximate surface area is 108 Å². The summed E-state index contributed by atoms with van der Waals surface area (Å²) >= 11 is 12.2. The van der Waals surface area contributed by atoms with Crippen molar-refractivity contribution < 1.29 is 0 Å². The van der Waals surface area contributed by atoms with Crippen LogP contribution in [0.1, 0.15) is 25.8 Å². The molecule has 0 bridgehead atoms. The molecule has 0 amide bonds. The maximum absolute atomic E-state index is 6.18. The molecule has 0 aromatic heterocycles. The molecule has 1 N–H and O–H groups in total. The third-order valence-electron chi connectivity index (χ3n) is 2.80. The van der Waals surface area contributed by atoms with Crippen molar-refractivity contribution >= 4 is 23.2 Å². The molecule has 1 atom stereocenters. The highest BCUT2D eigenvalue weighted by Gasteiger charge is 2.10. The fraction of sp³-hybridized carbons (Fsp3) is 0.538. The van der Waals surface area contributed by atoms with Gasteiger partial charge in [0.05, 0.1) is 10.0 Å². The molecule has 0 radical (unpaired) electrons. The van der Waals surface area contributed by atoms with Crippen LogP contribution in [0, 0.1) is 5.92 Å². The van der Waals surface area contributed by atoms with Crippen LogP contribution in [0.15, 0.2) is 18.2 Å². The minimum atomic E-state index is 0.621. The second kappa shape index (κ2) is 7.16. The average Bonchev–Trinajstić information content (AvgIpc) is 2.30.